The minimum Gasteiger partial charge on any atom is -0.394 e. The van der Waals surface area contributed by atoms with E-state index in [0.29, 0.717) is 0 Å². The van der Waals surface area contributed by atoms with Crippen molar-refractivity contribution in [3.63, 3.8) is 0 Å². The average molecular weight is 265 g/mol. The van der Waals surface area contributed by atoms with Crippen molar-refractivity contribution >= 4 is 12.0 Å². The van der Waals surface area contributed by atoms with Crippen LogP contribution in [0.25, 0.3) is 6.08 Å². The number of carbonyl (C=O) groups is 1. The molecule has 0 radical (unpaired) electrons. The molecule has 1 heterocycles. The second kappa shape index (κ2) is 5.57. The second-order valence-electron chi connectivity index (χ2n) is 5.41. The summed E-state index contributed by atoms with van der Waals surface area (Å²) in [6.07, 6.45) is 3.30. The standard InChI is InChI=1S/C14H23N3O2/c1-10-12(11(2)17(6)15-10)7-8-13(19)16(5)14(3,4)9-18/h7-8,18H,9H2,1-6H3/b8-7+. The van der Waals surface area contributed by atoms with Crippen LogP contribution < -0.4 is 0 Å². The molecular formula is C14H23N3O2. The molecule has 0 bridgehead atoms. The molecule has 1 aromatic heterocycles. The summed E-state index contributed by atoms with van der Waals surface area (Å²) in [4.78, 5) is 13.6. The summed E-state index contributed by atoms with van der Waals surface area (Å²) in [7, 11) is 3.56. The number of likely N-dealkylation sites (N-methyl/N-ethyl adjacent to an activating group) is 1. The van der Waals surface area contributed by atoms with Crippen molar-refractivity contribution in [1.29, 1.82) is 0 Å². The van der Waals surface area contributed by atoms with Gasteiger partial charge >= 0.3 is 0 Å². The molecule has 0 aliphatic rings. The lowest BCUT2D eigenvalue weighted by atomic mass is 10.0. The van der Waals surface area contributed by atoms with E-state index < -0.39 is 5.54 Å². The zero-order valence-corrected chi connectivity index (χ0v) is 12.6. The third-order valence-corrected chi connectivity index (χ3v) is 3.58. The highest BCUT2D eigenvalue weighted by atomic mass is 16.3. The van der Waals surface area contributed by atoms with Crippen LogP contribution in [0.15, 0.2) is 6.08 Å². The Morgan fingerprint density at radius 2 is 2.05 bits per heavy atom. The molecule has 0 fully saturated rings. The van der Waals surface area contributed by atoms with Gasteiger partial charge in [-0.1, -0.05) is 0 Å². The van der Waals surface area contributed by atoms with Crippen LogP contribution in [0.4, 0.5) is 0 Å². The number of hydrogen-bond donors (Lipinski definition) is 1. The normalized spacial score (nSPS) is 12.2. The SMILES string of the molecule is Cc1nn(C)c(C)c1/C=C/C(=O)N(C)C(C)(C)CO. The quantitative estimate of drug-likeness (QED) is 0.834. The van der Waals surface area contributed by atoms with Gasteiger partial charge < -0.3 is 10.0 Å². The zero-order valence-electron chi connectivity index (χ0n) is 12.6. The van der Waals surface area contributed by atoms with Crippen LogP contribution in [0.3, 0.4) is 0 Å². The molecule has 5 heteroatoms. The molecule has 1 amide bonds. The van der Waals surface area contributed by atoms with Gasteiger partial charge in [-0.25, -0.2) is 0 Å². The molecule has 0 aliphatic heterocycles. The fourth-order valence-corrected chi connectivity index (χ4v) is 1.70. The number of hydrogen-bond acceptors (Lipinski definition) is 3. The molecule has 0 spiro atoms. The number of carbonyl (C=O) groups excluding carboxylic acids is 1. The molecule has 0 aliphatic carbocycles. The molecule has 0 atom stereocenters. The number of aliphatic hydroxyl groups is 1. The maximum Gasteiger partial charge on any atom is 0.246 e. The first kappa shape index (κ1) is 15.4. The zero-order chi connectivity index (χ0) is 14.8. The maximum atomic E-state index is 12.1. The molecule has 0 saturated heterocycles. The van der Waals surface area contributed by atoms with E-state index in [-0.39, 0.29) is 12.5 Å². The smallest absolute Gasteiger partial charge is 0.246 e. The molecule has 0 aromatic carbocycles. The highest BCUT2D eigenvalue weighted by Gasteiger charge is 2.25. The van der Waals surface area contributed by atoms with E-state index >= 15 is 0 Å². The van der Waals surface area contributed by atoms with Crippen molar-refractivity contribution < 1.29 is 9.90 Å². The Morgan fingerprint density at radius 3 is 2.47 bits per heavy atom. The third-order valence-electron chi connectivity index (χ3n) is 3.58. The predicted octanol–water partition coefficient (Wildman–Crippen LogP) is 1.28. The van der Waals surface area contributed by atoms with Crippen LogP contribution in [0.2, 0.25) is 0 Å². The molecule has 0 unspecified atom stereocenters. The lowest BCUT2D eigenvalue weighted by Gasteiger charge is -2.33. The number of nitrogens with zero attached hydrogens (tertiary/aromatic N) is 3. The minimum atomic E-state index is -0.569. The lowest BCUT2D eigenvalue weighted by Crippen LogP contribution is -2.47. The van der Waals surface area contributed by atoms with Crippen LogP contribution >= 0.6 is 0 Å². The Morgan fingerprint density at radius 1 is 1.47 bits per heavy atom. The van der Waals surface area contributed by atoms with E-state index in [9.17, 15) is 9.90 Å². The van der Waals surface area contributed by atoms with E-state index in [2.05, 4.69) is 5.10 Å². The highest BCUT2D eigenvalue weighted by molar-refractivity contribution is 5.92. The van der Waals surface area contributed by atoms with Gasteiger partial charge in [0.05, 0.1) is 17.8 Å². The lowest BCUT2D eigenvalue weighted by molar-refractivity contribution is -0.130. The van der Waals surface area contributed by atoms with E-state index in [0.717, 1.165) is 17.0 Å². The van der Waals surface area contributed by atoms with E-state index in [1.54, 1.807) is 17.8 Å². The van der Waals surface area contributed by atoms with Gasteiger partial charge in [0.25, 0.3) is 0 Å². The summed E-state index contributed by atoms with van der Waals surface area (Å²) in [5.41, 5.74) is 2.31. The van der Waals surface area contributed by atoms with Crippen molar-refractivity contribution in [3.05, 3.63) is 23.0 Å². The van der Waals surface area contributed by atoms with E-state index in [1.807, 2.05) is 34.7 Å². The van der Waals surface area contributed by atoms with Crippen molar-refractivity contribution in [3.8, 4) is 0 Å². The number of rotatable bonds is 4. The Kier molecular flexibility index (Phi) is 4.52. The van der Waals surface area contributed by atoms with Crippen molar-refractivity contribution in [1.82, 2.24) is 14.7 Å². The number of aromatic nitrogens is 2. The predicted molar refractivity (Wildman–Crippen MR) is 75.7 cm³/mol. The van der Waals surface area contributed by atoms with Gasteiger partial charge in [-0.2, -0.15) is 5.10 Å². The Bertz CT molecular complexity index is 501. The number of amides is 1. The topological polar surface area (TPSA) is 58.4 Å². The fraction of sp³-hybridized carbons (Fsp3) is 0.571. The van der Waals surface area contributed by atoms with Gasteiger partial charge in [-0.15, -0.1) is 0 Å². The molecule has 1 N–H and O–H groups in total. The first-order valence-corrected chi connectivity index (χ1v) is 6.27. The summed E-state index contributed by atoms with van der Waals surface area (Å²) in [5.74, 6) is -0.137. The largest absolute Gasteiger partial charge is 0.394 e. The minimum absolute atomic E-state index is 0.0754. The summed E-state index contributed by atoms with van der Waals surface area (Å²) < 4.78 is 1.79. The molecular weight excluding hydrogens is 242 g/mol. The van der Waals surface area contributed by atoms with Gasteiger partial charge in [0, 0.05) is 31.4 Å². The molecule has 106 valence electrons. The average Bonchev–Trinajstić information content (AvgIpc) is 2.60. The molecule has 1 aromatic rings. The van der Waals surface area contributed by atoms with Gasteiger partial charge in [-0.05, 0) is 33.8 Å². The summed E-state index contributed by atoms with van der Waals surface area (Å²) in [6.45, 7) is 7.44. The van der Waals surface area contributed by atoms with Gasteiger partial charge in [0.15, 0.2) is 0 Å². The van der Waals surface area contributed by atoms with Crippen molar-refractivity contribution in [2.24, 2.45) is 7.05 Å². The Labute approximate surface area is 114 Å². The summed E-state index contributed by atoms with van der Waals surface area (Å²) in [5, 5.41) is 13.6. The van der Waals surface area contributed by atoms with Crippen molar-refractivity contribution in [2.45, 2.75) is 33.2 Å². The number of aliphatic hydroxyl groups excluding tert-OH is 1. The third kappa shape index (κ3) is 3.23. The van der Waals surface area contributed by atoms with Crippen LogP contribution in [-0.4, -0.2) is 44.9 Å². The monoisotopic (exact) mass is 265 g/mol. The van der Waals surface area contributed by atoms with Gasteiger partial charge in [-0.3, -0.25) is 9.48 Å². The summed E-state index contributed by atoms with van der Waals surface area (Å²) >= 11 is 0. The molecule has 0 saturated carbocycles. The van der Waals surface area contributed by atoms with Crippen molar-refractivity contribution in [2.75, 3.05) is 13.7 Å². The Hall–Kier alpha value is -1.62. The summed E-state index contributed by atoms with van der Waals surface area (Å²) in [6, 6.07) is 0. The number of aryl methyl sites for hydroxylation is 2. The second-order valence-corrected chi connectivity index (χ2v) is 5.41. The van der Waals surface area contributed by atoms with Gasteiger partial charge in [0.2, 0.25) is 5.91 Å². The molecule has 19 heavy (non-hydrogen) atoms. The Balaban J connectivity index is 2.91. The first-order valence-electron chi connectivity index (χ1n) is 6.27. The first-order chi connectivity index (χ1) is 8.70. The van der Waals surface area contributed by atoms with Crippen LogP contribution in [0, 0.1) is 13.8 Å². The molecule has 5 nitrogen and oxygen atoms in total. The van der Waals surface area contributed by atoms with Crippen LogP contribution in [-0.2, 0) is 11.8 Å². The van der Waals surface area contributed by atoms with E-state index in [4.69, 9.17) is 0 Å². The highest BCUT2D eigenvalue weighted by Crippen LogP contribution is 2.15. The van der Waals surface area contributed by atoms with Crippen LogP contribution in [0.1, 0.15) is 30.8 Å². The van der Waals surface area contributed by atoms with E-state index in [1.165, 1.54) is 11.0 Å². The van der Waals surface area contributed by atoms with Crippen LogP contribution in [0.5, 0.6) is 0 Å². The van der Waals surface area contributed by atoms with Gasteiger partial charge in [0.1, 0.15) is 0 Å². The molecule has 1 rings (SSSR count). The maximum absolute atomic E-state index is 12.1. The fourth-order valence-electron chi connectivity index (χ4n) is 1.70.